The third-order valence-corrected chi connectivity index (χ3v) is 6.17. The molecule has 1 aromatic rings. The molecule has 8 heteroatoms. The van der Waals surface area contributed by atoms with Gasteiger partial charge in [0.1, 0.15) is 0 Å². The van der Waals surface area contributed by atoms with Gasteiger partial charge in [0.25, 0.3) is 5.91 Å². The third kappa shape index (κ3) is 5.71. The molecule has 0 unspecified atom stereocenters. The van der Waals surface area contributed by atoms with Gasteiger partial charge < -0.3 is 10.2 Å². The molecule has 1 aromatic carbocycles. The molecule has 0 radical (unpaired) electrons. The Balaban J connectivity index is 1.86. The fraction of sp³-hybridized carbons (Fsp3) is 0.529. The number of rotatable bonds is 7. The average Bonchev–Trinajstić information content (AvgIpc) is 2.92. The number of carbonyl (C=O) groups excluding carboxylic acids is 2. The quantitative estimate of drug-likeness (QED) is 0.775. The normalized spacial score (nSPS) is 18.7. The maximum absolute atomic E-state index is 12.5. The Kier molecular flexibility index (Phi) is 6.84. The zero-order valence-electron chi connectivity index (χ0n) is 14.2. The molecule has 0 spiro atoms. The SMILES string of the molecule is CCCN(C(=O)CCNC(=O)c1ccc(Cl)cc1)[C@H]1CCS(=O)(=O)C1. The molecule has 0 aromatic heterocycles. The van der Waals surface area contributed by atoms with Crippen LogP contribution in [0.3, 0.4) is 0 Å². The Morgan fingerprint density at radius 2 is 1.96 bits per heavy atom. The second-order valence-electron chi connectivity index (χ2n) is 6.16. The second-order valence-corrected chi connectivity index (χ2v) is 8.82. The summed E-state index contributed by atoms with van der Waals surface area (Å²) in [4.78, 5) is 26.1. The highest BCUT2D eigenvalue weighted by atomic mass is 35.5. The first kappa shape index (κ1) is 19.7. The highest BCUT2D eigenvalue weighted by molar-refractivity contribution is 7.91. The summed E-state index contributed by atoms with van der Waals surface area (Å²) in [5, 5.41) is 3.25. The number of hydrogen-bond donors (Lipinski definition) is 1. The Bertz CT molecular complexity index is 719. The summed E-state index contributed by atoms with van der Waals surface area (Å²) in [5.74, 6) is -0.218. The maximum atomic E-state index is 12.5. The van der Waals surface area contributed by atoms with E-state index in [0.717, 1.165) is 6.42 Å². The molecule has 0 aliphatic carbocycles. The van der Waals surface area contributed by atoms with E-state index in [9.17, 15) is 18.0 Å². The molecule has 0 bridgehead atoms. The molecule has 1 saturated heterocycles. The van der Waals surface area contributed by atoms with Crippen molar-refractivity contribution in [1.82, 2.24) is 10.2 Å². The third-order valence-electron chi connectivity index (χ3n) is 4.16. The van der Waals surface area contributed by atoms with E-state index in [4.69, 9.17) is 11.6 Å². The van der Waals surface area contributed by atoms with Gasteiger partial charge in [0.05, 0.1) is 11.5 Å². The van der Waals surface area contributed by atoms with E-state index in [1.807, 2.05) is 6.92 Å². The Labute approximate surface area is 153 Å². The summed E-state index contributed by atoms with van der Waals surface area (Å²) < 4.78 is 23.3. The Morgan fingerprint density at radius 3 is 2.52 bits per heavy atom. The van der Waals surface area contributed by atoms with Crippen LogP contribution in [0, 0.1) is 0 Å². The molecular weight excluding hydrogens is 364 g/mol. The molecule has 6 nitrogen and oxygen atoms in total. The number of nitrogens with zero attached hydrogens (tertiary/aromatic N) is 1. The van der Waals surface area contributed by atoms with E-state index < -0.39 is 9.84 Å². The number of halogens is 1. The van der Waals surface area contributed by atoms with Gasteiger partial charge in [-0.25, -0.2) is 8.42 Å². The molecule has 1 aliphatic rings. The zero-order chi connectivity index (χ0) is 18.4. The fourth-order valence-corrected chi connectivity index (χ4v) is 4.76. The van der Waals surface area contributed by atoms with Crippen LogP contribution in [0.25, 0.3) is 0 Å². The molecule has 0 saturated carbocycles. The predicted octanol–water partition coefficient (Wildman–Crippen LogP) is 1.89. The van der Waals surface area contributed by atoms with Crippen LogP contribution in [0.5, 0.6) is 0 Å². The minimum atomic E-state index is -3.04. The van der Waals surface area contributed by atoms with Crippen molar-refractivity contribution in [2.45, 2.75) is 32.2 Å². The van der Waals surface area contributed by atoms with Gasteiger partial charge in [0.2, 0.25) is 5.91 Å². The number of nitrogens with one attached hydrogen (secondary N) is 1. The van der Waals surface area contributed by atoms with E-state index in [2.05, 4.69) is 5.32 Å². The van der Waals surface area contributed by atoms with Gasteiger partial charge in [-0.05, 0) is 37.1 Å². The molecule has 1 N–H and O–H groups in total. The lowest BCUT2D eigenvalue weighted by Gasteiger charge is -2.28. The molecule has 138 valence electrons. The van der Waals surface area contributed by atoms with Crippen LogP contribution >= 0.6 is 11.6 Å². The monoisotopic (exact) mass is 386 g/mol. The number of hydrogen-bond acceptors (Lipinski definition) is 4. The van der Waals surface area contributed by atoms with E-state index in [-0.39, 0.29) is 42.3 Å². The first-order chi connectivity index (χ1) is 11.8. The van der Waals surface area contributed by atoms with Crippen LogP contribution in [0.4, 0.5) is 0 Å². The van der Waals surface area contributed by atoms with Crippen molar-refractivity contribution in [1.29, 1.82) is 0 Å². The molecule has 1 atom stereocenters. The van der Waals surface area contributed by atoms with Gasteiger partial charge in [-0.1, -0.05) is 18.5 Å². The molecule has 1 fully saturated rings. The van der Waals surface area contributed by atoms with Crippen LogP contribution in [-0.4, -0.2) is 55.8 Å². The molecule has 2 rings (SSSR count). The molecule has 1 aliphatic heterocycles. The summed E-state index contributed by atoms with van der Waals surface area (Å²) >= 11 is 5.78. The maximum Gasteiger partial charge on any atom is 0.251 e. The van der Waals surface area contributed by atoms with Crippen molar-refractivity contribution in [2.24, 2.45) is 0 Å². The lowest BCUT2D eigenvalue weighted by Crippen LogP contribution is -2.42. The fourth-order valence-electron chi connectivity index (χ4n) is 2.90. The van der Waals surface area contributed by atoms with Gasteiger partial charge >= 0.3 is 0 Å². The smallest absolute Gasteiger partial charge is 0.251 e. The van der Waals surface area contributed by atoms with E-state index in [1.165, 1.54) is 0 Å². The van der Waals surface area contributed by atoms with Gasteiger partial charge in [-0.2, -0.15) is 0 Å². The lowest BCUT2D eigenvalue weighted by atomic mass is 10.2. The highest BCUT2D eigenvalue weighted by Gasteiger charge is 2.33. The average molecular weight is 387 g/mol. The lowest BCUT2D eigenvalue weighted by molar-refractivity contribution is -0.132. The van der Waals surface area contributed by atoms with Crippen LogP contribution in [-0.2, 0) is 14.6 Å². The summed E-state index contributed by atoms with van der Waals surface area (Å²) in [6.07, 6.45) is 1.40. The number of sulfone groups is 1. The van der Waals surface area contributed by atoms with Crippen molar-refractivity contribution in [2.75, 3.05) is 24.6 Å². The molecule has 25 heavy (non-hydrogen) atoms. The summed E-state index contributed by atoms with van der Waals surface area (Å²) in [6, 6.07) is 6.25. The summed E-state index contributed by atoms with van der Waals surface area (Å²) in [6.45, 7) is 2.69. The van der Waals surface area contributed by atoms with Crippen LogP contribution in [0.15, 0.2) is 24.3 Å². The van der Waals surface area contributed by atoms with Crippen LogP contribution < -0.4 is 5.32 Å². The first-order valence-corrected chi connectivity index (χ1v) is 10.6. The summed E-state index contributed by atoms with van der Waals surface area (Å²) in [5.41, 5.74) is 0.476. The van der Waals surface area contributed by atoms with Crippen molar-refractivity contribution in [3.8, 4) is 0 Å². The van der Waals surface area contributed by atoms with Crippen LogP contribution in [0.1, 0.15) is 36.5 Å². The minimum absolute atomic E-state index is 0.0376. The van der Waals surface area contributed by atoms with Gasteiger partial charge in [0.15, 0.2) is 9.84 Å². The number of amides is 2. The van der Waals surface area contributed by atoms with Gasteiger partial charge in [-0.15, -0.1) is 0 Å². The Morgan fingerprint density at radius 1 is 1.28 bits per heavy atom. The molecular formula is C17H23ClN2O4S. The number of benzene rings is 1. The largest absolute Gasteiger partial charge is 0.352 e. The van der Waals surface area contributed by atoms with Gasteiger partial charge in [-0.3, -0.25) is 9.59 Å². The van der Waals surface area contributed by atoms with E-state index in [1.54, 1.807) is 29.2 Å². The van der Waals surface area contributed by atoms with E-state index >= 15 is 0 Å². The number of carbonyl (C=O) groups is 2. The predicted molar refractivity (Wildman–Crippen MR) is 97.5 cm³/mol. The highest BCUT2D eigenvalue weighted by Crippen LogP contribution is 2.19. The van der Waals surface area contributed by atoms with Crippen molar-refractivity contribution < 1.29 is 18.0 Å². The van der Waals surface area contributed by atoms with Gasteiger partial charge in [0, 0.05) is 36.1 Å². The van der Waals surface area contributed by atoms with Crippen molar-refractivity contribution in [3.63, 3.8) is 0 Å². The van der Waals surface area contributed by atoms with E-state index in [0.29, 0.717) is 23.6 Å². The zero-order valence-corrected chi connectivity index (χ0v) is 15.8. The topological polar surface area (TPSA) is 83.6 Å². The molecule has 2 amide bonds. The van der Waals surface area contributed by atoms with Crippen LogP contribution in [0.2, 0.25) is 5.02 Å². The first-order valence-electron chi connectivity index (χ1n) is 8.36. The standard InChI is InChI=1S/C17H23ClN2O4S/c1-2-10-20(15-8-11-25(23,24)12-15)16(21)7-9-19-17(22)13-3-5-14(18)6-4-13/h3-6,15H,2,7-12H2,1H3,(H,19,22)/t15-/m0/s1. The minimum Gasteiger partial charge on any atom is -0.352 e. The molecule has 1 heterocycles. The second kappa shape index (κ2) is 8.67. The van der Waals surface area contributed by atoms with Crippen molar-refractivity contribution in [3.05, 3.63) is 34.9 Å². The summed E-state index contributed by atoms with van der Waals surface area (Å²) in [7, 11) is -3.04. The Hall–Kier alpha value is -1.60. The van der Waals surface area contributed by atoms with Crippen molar-refractivity contribution >= 4 is 33.3 Å².